The number of aromatic nitrogens is 2. The van der Waals surface area contributed by atoms with E-state index >= 15 is 0 Å². The van der Waals surface area contributed by atoms with Crippen molar-refractivity contribution >= 4 is 34.5 Å². The van der Waals surface area contributed by atoms with Crippen LogP contribution in [0.15, 0.2) is 24.4 Å². The Kier molecular flexibility index (Phi) is 3.13. The summed E-state index contributed by atoms with van der Waals surface area (Å²) in [6, 6.07) is 4.45. The van der Waals surface area contributed by atoms with E-state index in [1.54, 1.807) is 24.4 Å². The molecule has 1 aliphatic rings. The fourth-order valence-electron chi connectivity index (χ4n) is 2.36. The third-order valence-corrected chi connectivity index (χ3v) is 4.65. The van der Waals surface area contributed by atoms with Gasteiger partial charge in [0.25, 0.3) is 5.91 Å². The molecular formula is C13H13N3O3S. The van der Waals surface area contributed by atoms with Crippen LogP contribution < -0.4 is 0 Å². The number of hydrogen-bond acceptors (Lipinski definition) is 4. The smallest absolute Gasteiger partial charge is 0.327 e. The van der Waals surface area contributed by atoms with E-state index < -0.39 is 12.0 Å². The lowest BCUT2D eigenvalue weighted by Gasteiger charge is -2.25. The molecular weight excluding hydrogens is 278 g/mol. The monoisotopic (exact) mass is 291 g/mol. The number of thioether (sulfide) groups is 1. The summed E-state index contributed by atoms with van der Waals surface area (Å²) in [5.41, 5.74) is 1.24. The molecule has 7 heteroatoms. The quantitative estimate of drug-likeness (QED) is 0.876. The summed E-state index contributed by atoms with van der Waals surface area (Å²) in [5.74, 6) is -0.793. The molecule has 1 aromatic heterocycles. The first-order valence-electron chi connectivity index (χ1n) is 6.18. The molecule has 2 aromatic rings. The number of aliphatic carboxylic acids is 1. The summed E-state index contributed by atoms with van der Waals surface area (Å²) in [5, 5.41) is 16.7. The topological polar surface area (TPSA) is 86.3 Å². The van der Waals surface area contributed by atoms with Gasteiger partial charge in [-0.3, -0.25) is 9.89 Å². The summed E-state index contributed by atoms with van der Waals surface area (Å²) in [7, 11) is 0. The number of fused-ring (bicyclic) bond motifs is 1. The lowest BCUT2D eigenvalue weighted by Crippen LogP contribution is -2.44. The Morgan fingerprint density at radius 3 is 3.05 bits per heavy atom. The van der Waals surface area contributed by atoms with Crippen molar-refractivity contribution in [3.05, 3.63) is 30.0 Å². The summed E-state index contributed by atoms with van der Waals surface area (Å²) < 4.78 is 0. The molecule has 0 radical (unpaired) electrons. The number of nitrogens with zero attached hydrogens (tertiary/aromatic N) is 2. The highest BCUT2D eigenvalue weighted by Gasteiger charge is 2.39. The van der Waals surface area contributed by atoms with Crippen LogP contribution in [-0.4, -0.2) is 49.2 Å². The molecule has 1 amide bonds. The van der Waals surface area contributed by atoms with Gasteiger partial charge in [-0.1, -0.05) is 6.07 Å². The molecule has 1 fully saturated rings. The second-order valence-corrected chi connectivity index (χ2v) is 6.02. The molecule has 0 aliphatic carbocycles. The van der Waals surface area contributed by atoms with Crippen molar-refractivity contribution in [2.24, 2.45) is 0 Å². The highest BCUT2D eigenvalue weighted by molar-refractivity contribution is 8.00. The van der Waals surface area contributed by atoms with Gasteiger partial charge in [-0.2, -0.15) is 5.10 Å². The van der Waals surface area contributed by atoms with Gasteiger partial charge in [-0.25, -0.2) is 4.79 Å². The van der Waals surface area contributed by atoms with Gasteiger partial charge in [0.15, 0.2) is 0 Å². The molecule has 1 saturated heterocycles. The number of H-pyrrole nitrogens is 1. The maximum absolute atomic E-state index is 12.6. The van der Waals surface area contributed by atoms with E-state index in [2.05, 4.69) is 10.2 Å². The number of benzene rings is 1. The van der Waals surface area contributed by atoms with Crippen molar-refractivity contribution in [1.82, 2.24) is 15.1 Å². The Bertz CT molecular complexity index is 684. The SMILES string of the molecule is CC1SCC(C(=O)O)N1C(=O)c1ccc2cn[nH]c2c1. The number of carbonyl (C=O) groups is 2. The second-order valence-electron chi connectivity index (χ2n) is 4.67. The molecule has 2 atom stereocenters. The molecule has 104 valence electrons. The van der Waals surface area contributed by atoms with Gasteiger partial charge in [-0.05, 0) is 19.1 Å². The van der Waals surface area contributed by atoms with Gasteiger partial charge in [0.05, 0.1) is 17.1 Å². The summed E-state index contributed by atoms with van der Waals surface area (Å²) in [6.45, 7) is 1.85. The molecule has 20 heavy (non-hydrogen) atoms. The number of hydrogen-bond donors (Lipinski definition) is 2. The summed E-state index contributed by atoms with van der Waals surface area (Å²) >= 11 is 1.47. The standard InChI is InChI=1S/C13H13N3O3S/c1-7-16(11(6-20-7)13(18)19)12(17)8-2-3-9-5-14-15-10(9)4-8/h2-5,7,11H,6H2,1H3,(H,14,15)(H,18,19). The van der Waals surface area contributed by atoms with Crippen molar-refractivity contribution in [2.45, 2.75) is 18.3 Å². The lowest BCUT2D eigenvalue weighted by molar-refractivity contribution is -0.141. The minimum atomic E-state index is -0.960. The average molecular weight is 291 g/mol. The van der Waals surface area contributed by atoms with E-state index in [1.165, 1.54) is 16.7 Å². The maximum atomic E-state index is 12.6. The van der Waals surface area contributed by atoms with E-state index in [0.29, 0.717) is 11.3 Å². The van der Waals surface area contributed by atoms with E-state index in [-0.39, 0.29) is 11.3 Å². The normalized spacial score (nSPS) is 22.4. The molecule has 2 N–H and O–H groups in total. The molecule has 0 spiro atoms. The second kappa shape index (κ2) is 4.82. The largest absolute Gasteiger partial charge is 0.480 e. The van der Waals surface area contributed by atoms with E-state index in [4.69, 9.17) is 0 Å². The van der Waals surface area contributed by atoms with Crippen molar-refractivity contribution < 1.29 is 14.7 Å². The fourth-order valence-corrected chi connectivity index (χ4v) is 3.53. The minimum Gasteiger partial charge on any atom is -0.480 e. The summed E-state index contributed by atoms with van der Waals surface area (Å²) in [6.07, 6.45) is 1.68. The first-order chi connectivity index (χ1) is 9.58. The van der Waals surface area contributed by atoms with E-state index in [0.717, 1.165) is 10.9 Å². The lowest BCUT2D eigenvalue weighted by atomic mass is 10.1. The molecule has 3 rings (SSSR count). The number of carboxylic acids is 1. The molecule has 6 nitrogen and oxygen atoms in total. The third-order valence-electron chi connectivity index (χ3n) is 3.43. The fraction of sp³-hybridized carbons (Fsp3) is 0.308. The van der Waals surface area contributed by atoms with E-state index in [9.17, 15) is 14.7 Å². The van der Waals surface area contributed by atoms with Crippen molar-refractivity contribution in [2.75, 3.05) is 5.75 Å². The maximum Gasteiger partial charge on any atom is 0.327 e. The zero-order chi connectivity index (χ0) is 14.3. The van der Waals surface area contributed by atoms with Crippen LogP contribution in [0.2, 0.25) is 0 Å². The molecule has 0 bridgehead atoms. The Balaban J connectivity index is 1.95. The minimum absolute atomic E-state index is 0.138. The van der Waals surface area contributed by atoms with Gasteiger partial charge in [0.2, 0.25) is 0 Å². The molecule has 1 aliphatic heterocycles. The third kappa shape index (κ3) is 2.03. The number of aromatic amines is 1. The first-order valence-corrected chi connectivity index (χ1v) is 7.23. The number of amides is 1. The first kappa shape index (κ1) is 13.0. The Morgan fingerprint density at radius 1 is 1.50 bits per heavy atom. The van der Waals surface area contributed by atoms with Crippen LogP contribution in [0.3, 0.4) is 0 Å². The zero-order valence-electron chi connectivity index (χ0n) is 10.7. The van der Waals surface area contributed by atoms with Crippen molar-refractivity contribution in [3.63, 3.8) is 0 Å². The number of rotatable bonds is 2. The number of nitrogens with one attached hydrogen (secondary N) is 1. The van der Waals surface area contributed by atoms with Crippen LogP contribution in [0.4, 0.5) is 0 Å². The van der Waals surface area contributed by atoms with Crippen LogP contribution in [0.25, 0.3) is 10.9 Å². The Labute approximate surface area is 119 Å². The van der Waals surface area contributed by atoms with Crippen molar-refractivity contribution in [3.8, 4) is 0 Å². The Hall–Kier alpha value is -2.02. The predicted molar refractivity (Wildman–Crippen MR) is 75.6 cm³/mol. The predicted octanol–water partition coefficient (Wildman–Crippen LogP) is 1.55. The highest BCUT2D eigenvalue weighted by atomic mass is 32.2. The van der Waals surface area contributed by atoms with Gasteiger partial charge in [-0.15, -0.1) is 11.8 Å². The highest BCUT2D eigenvalue weighted by Crippen LogP contribution is 2.30. The van der Waals surface area contributed by atoms with Gasteiger partial charge in [0, 0.05) is 16.7 Å². The van der Waals surface area contributed by atoms with Crippen molar-refractivity contribution in [1.29, 1.82) is 0 Å². The molecule has 0 saturated carbocycles. The van der Waals surface area contributed by atoms with Crippen LogP contribution in [0.5, 0.6) is 0 Å². The van der Waals surface area contributed by atoms with Crippen LogP contribution in [0.1, 0.15) is 17.3 Å². The molecule has 2 heterocycles. The number of carboxylic acid groups (broad SMARTS) is 1. The average Bonchev–Trinajstić information content (AvgIpc) is 3.03. The summed E-state index contributed by atoms with van der Waals surface area (Å²) in [4.78, 5) is 25.2. The van der Waals surface area contributed by atoms with Crippen LogP contribution in [-0.2, 0) is 4.79 Å². The van der Waals surface area contributed by atoms with Gasteiger partial charge < -0.3 is 10.0 Å². The number of carbonyl (C=O) groups excluding carboxylic acids is 1. The van der Waals surface area contributed by atoms with Gasteiger partial charge >= 0.3 is 5.97 Å². The zero-order valence-corrected chi connectivity index (χ0v) is 11.6. The molecule has 2 unspecified atom stereocenters. The molecule has 1 aromatic carbocycles. The Morgan fingerprint density at radius 2 is 2.30 bits per heavy atom. The van der Waals surface area contributed by atoms with E-state index in [1.807, 2.05) is 6.92 Å². The van der Waals surface area contributed by atoms with Gasteiger partial charge in [0.1, 0.15) is 6.04 Å². The van der Waals surface area contributed by atoms with Crippen LogP contribution >= 0.6 is 11.8 Å². The van der Waals surface area contributed by atoms with Crippen LogP contribution in [0, 0.1) is 0 Å².